The van der Waals surface area contributed by atoms with Gasteiger partial charge in [0.1, 0.15) is 5.75 Å². The monoisotopic (exact) mass is 247 g/mol. The van der Waals surface area contributed by atoms with E-state index in [0.717, 1.165) is 0 Å². The smallest absolute Gasteiger partial charge is 0.234 e. The highest BCUT2D eigenvalue weighted by molar-refractivity contribution is 6.15. The summed E-state index contributed by atoms with van der Waals surface area (Å²) in [7, 11) is 1.46. The first-order valence-corrected chi connectivity index (χ1v) is 5.54. The van der Waals surface area contributed by atoms with Gasteiger partial charge in [-0.05, 0) is 19.1 Å². The van der Waals surface area contributed by atoms with Crippen LogP contribution in [-0.4, -0.2) is 31.1 Å². The zero-order valence-electron chi connectivity index (χ0n) is 10.2. The lowest BCUT2D eigenvalue weighted by molar-refractivity contribution is -0.121. The van der Waals surface area contributed by atoms with Crippen LogP contribution < -0.4 is 9.64 Å². The van der Waals surface area contributed by atoms with Gasteiger partial charge in [0.05, 0.1) is 25.6 Å². The molecule has 1 heterocycles. The van der Waals surface area contributed by atoms with Crippen LogP contribution in [0.1, 0.15) is 23.7 Å². The maximum atomic E-state index is 11.6. The third-order valence-corrected chi connectivity index (χ3v) is 2.86. The topological polar surface area (TPSA) is 63.7 Å². The molecule has 0 spiro atoms. The number of carbonyl (C=O) groups is 3. The number of nitrogens with zero attached hydrogens (tertiary/aromatic N) is 1. The first-order valence-electron chi connectivity index (χ1n) is 5.54. The highest BCUT2D eigenvalue weighted by Gasteiger charge is 2.29. The molecule has 0 N–H and O–H groups in total. The molecule has 0 radical (unpaired) electrons. The Morgan fingerprint density at radius 3 is 2.56 bits per heavy atom. The number of ether oxygens (including phenoxy) is 1. The molecule has 1 saturated heterocycles. The molecule has 1 amide bonds. The number of methoxy groups -OCH3 is 1. The summed E-state index contributed by atoms with van der Waals surface area (Å²) in [5.41, 5.74) is 1.03. The zero-order chi connectivity index (χ0) is 13.3. The lowest BCUT2D eigenvalue weighted by Gasteiger charge is -2.16. The first kappa shape index (κ1) is 12.3. The van der Waals surface area contributed by atoms with E-state index in [1.165, 1.54) is 18.9 Å². The standard InChI is InChI=1S/C13H13NO4/c1-8(15)11-4-3-9(5-12(11)18-2)14-7-10(16)6-13(14)17/h3-5H,6-7H2,1-2H3. The Morgan fingerprint density at radius 2 is 2.06 bits per heavy atom. The van der Waals surface area contributed by atoms with Crippen molar-refractivity contribution in [3.05, 3.63) is 23.8 Å². The predicted molar refractivity (Wildman–Crippen MR) is 65.0 cm³/mol. The molecule has 1 aliphatic rings. The largest absolute Gasteiger partial charge is 0.496 e. The maximum absolute atomic E-state index is 11.6. The van der Waals surface area contributed by atoms with Crippen LogP contribution in [0.5, 0.6) is 5.75 Å². The van der Waals surface area contributed by atoms with Crippen LogP contribution in [0.4, 0.5) is 5.69 Å². The summed E-state index contributed by atoms with van der Waals surface area (Å²) < 4.78 is 5.13. The number of hydrogen-bond acceptors (Lipinski definition) is 4. The van der Waals surface area contributed by atoms with Crippen molar-refractivity contribution < 1.29 is 19.1 Å². The Bertz CT molecular complexity index is 536. The fourth-order valence-corrected chi connectivity index (χ4v) is 1.96. The molecule has 0 bridgehead atoms. The molecule has 0 saturated carbocycles. The lowest BCUT2D eigenvalue weighted by atomic mass is 10.1. The molecule has 0 unspecified atom stereocenters. The molecule has 1 aromatic carbocycles. The summed E-state index contributed by atoms with van der Waals surface area (Å²) in [6.45, 7) is 1.53. The Balaban J connectivity index is 2.39. The van der Waals surface area contributed by atoms with E-state index >= 15 is 0 Å². The number of amides is 1. The van der Waals surface area contributed by atoms with Gasteiger partial charge in [-0.1, -0.05) is 0 Å². The number of Topliss-reactive ketones (excluding diaryl/α,β-unsaturated/α-hetero) is 2. The lowest BCUT2D eigenvalue weighted by Crippen LogP contribution is -2.24. The van der Waals surface area contributed by atoms with E-state index in [-0.39, 0.29) is 30.4 Å². The molecular weight excluding hydrogens is 234 g/mol. The molecule has 2 rings (SSSR count). The van der Waals surface area contributed by atoms with Gasteiger partial charge in [0.15, 0.2) is 11.6 Å². The fourth-order valence-electron chi connectivity index (χ4n) is 1.96. The second kappa shape index (κ2) is 4.60. The van der Waals surface area contributed by atoms with E-state index in [1.54, 1.807) is 18.2 Å². The van der Waals surface area contributed by atoms with Crippen LogP contribution in [0, 0.1) is 0 Å². The number of hydrogen-bond donors (Lipinski definition) is 0. The zero-order valence-corrected chi connectivity index (χ0v) is 10.2. The summed E-state index contributed by atoms with van der Waals surface area (Å²) in [5, 5.41) is 0. The Hall–Kier alpha value is -2.17. The third-order valence-electron chi connectivity index (χ3n) is 2.86. The molecule has 0 atom stereocenters. The molecule has 1 aromatic rings. The Labute approximate surface area is 104 Å². The highest BCUT2D eigenvalue weighted by atomic mass is 16.5. The van der Waals surface area contributed by atoms with Crippen LogP contribution in [0.15, 0.2) is 18.2 Å². The van der Waals surface area contributed by atoms with Gasteiger partial charge in [-0.25, -0.2) is 0 Å². The van der Waals surface area contributed by atoms with Crippen molar-refractivity contribution in [1.29, 1.82) is 0 Å². The van der Waals surface area contributed by atoms with Gasteiger partial charge in [-0.3, -0.25) is 14.4 Å². The van der Waals surface area contributed by atoms with Crippen LogP contribution in [0.2, 0.25) is 0 Å². The summed E-state index contributed by atoms with van der Waals surface area (Å²) in [5.74, 6) is -0.0263. The van der Waals surface area contributed by atoms with Gasteiger partial charge in [0.25, 0.3) is 0 Å². The average molecular weight is 247 g/mol. The maximum Gasteiger partial charge on any atom is 0.234 e. The second-order valence-electron chi connectivity index (χ2n) is 4.14. The fraction of sp³-hybridized carbons (Fsp3) is 0.308. The molecule has 1 fully saturated rings. The van der Waals surface area contributed by atoms with Gasteiger partial charge in [0, 0.05) is 11.8 Å². The van der Waals surface area contributed by atoms with Gasteiger partial charge in [-0.15, -0.1) is 0 Å². The first-order chi connectivity index (χ1) is 8.52. The molecule has 1 aliphatic heterocycles. The molecule has 94 valence electrons. The summed E-state index contributed by atoms with van der Waals surface area (Å²) in [4.78, 5) is 35.6. The van der Waals surface area contributed by atoms with Crippen molar-refractivity contribution in [2.24, 2.45) is 0 Å². The SMILES string of the molecule is COc1cc(N2CC(=O)CC2=O)ccc1C(C)=O. The minimum atomic E-state index is -0.224. The molecular formula is C13H13NO4. The Morgan fingerprint density at radius 1 is 1.33 bits per heavy atom. The van der Waals surface area contributed by atoms with Crippen LogP contribution in [0.25, 0.3) is 0 Å². The van der Waals surface area contributed by atoms with Crippen molar-refractivity contribution in [1.82, 2.24) is 0 Å². The van der Waals surface area contributed by atoms with Crippen molar-refractivity contribution >= 4 is 23.2 Å². The third kappa shape index (κ3) is 2.11. The van der Waals surface area contributed by atoms with E-state index in [4.69, 9.17) is 4.74 Å². The number of anilines is 1. The van der Waals surface area contributed by atoms with Gasteiger partial charge in [0.2, 0.25) is 5.91 Å². The molecule has 5 nitrogen and oxygen atoms in total. The van der Waals surface area contributed by atoms with Crippen molar-refractivity contribution in [3.63, 3.8) is 0 Å². The Kier molecular flexibility index (Phi) is 3.14. The van der Waals surface area contributed by atoms with E-state index < -0.39 is 0 Å². The quantitative estimate of drug-likeness (QED) is 0.594. The number of ketones is 2. The molecule has 18 heavy (non-hydrogen) atoms. The van der Waals surface area contributed by atoms with Crippen LogP contribution in [-0.2, 0) is 9.59 Å². The van der Waals surface area contributed by atoms with Crippen LogP contribution >= 0.6 is 0 Å². The van der Waals surface area contributed by atoms with Gasteiger partial charge >= 0.3 is 0 Å². The van der Waals surface area contributed by atoms with E-state index in [0.29, 0.717) is 17.0 Å². The number of benzene rings is 1. The number of rotatable bonds is 3. The van der Waals surface area contributed by atoms with E-state index in [9.17, 15) is 14.4 Å². The number of carbonyl (C=O) groups excluding carboxylic acids is 3. The van der Waals surface area contributed by atoms with Crippen LogP contribution in [0.3, 0.4) is 0 Å². The minimum absolute atomic E-state index is 0.0588. The predicted octanol–water partition coefficient (Wildman–Crippen LogP) is 1.20. The molecule has 5 heteroatoms. The summed E-state index contributed by atoms with van der Waals surface area (Å²) in [6.07, 6.45) is -0.0588. The van der Waals surface area contributed by atoms with Crippen molar-refractivity contribution in [2.45, 2.75) is 13.3 Å². The minimum Gasteiger partial charge on any atom is -0.496 e. The summed E-state index contributed by atoms with van der Waals surface area (Å²) in [6, 6.07) is 4.86. The average Bonchev–Trinajstić information content (AvgIpc) is 2.67. The second-order valence-corrected chi connectivity index (χ2v) is 4.14. The van der Waals surface area contributed by atoms with Crippen molar-refractivity contribution in [3.8, 4) is 5.75 Å². The highest BCUT2D eigenvalue weighted by Crippen LogP contribution is 2.28. The van der Waals surface area contributed by atoms with Crippen molar-refractivity contribution in [2.75, 3.05) is 18.6 Å². The van der Waals surface area contributed by atoms with E-state index in [1.807, 2.05) is 0 Å². The van der Waals surface area contributed by atoms with Gasteiger partial charge < -0.3 is 9.64 Å². The molecule has 0 aromatic heterocycles. The van der Waals surface area contributed by atoms with Gasteiger partial charge in [-0.2, -0.15) is 0 Å². The normalized spacial score (nSPS) is 15.1. The summed E-state index contributed by atoms with van der Waals surface area (Å²) >= 11 is 0. The molecule has 0 aliphatic carbocycles. The van der Waals surface area contributed by atoms with E-state index in [2.05, 4.69) is 0 Å².